The largest absolute Gasteiger partial charge is 0.481 e. The molecule has 0 aliphatic heterocycles. The van der Waals surface area contributed by atoms with Crippen molar-refractivity contribution >= 4 is 29.1 Å². The van der Waals surface area contributed by atoms with Crippen LogP contribution < -0.4 is 15.4 Å². The zero-order chi connectivity index (χ0) is 20.0. The van der Waals surface area contributed by atoms with Gasteiger partial charge < -0.3 is 15.4 Å². The van der Waals surface area contributed by atoms with Crippen molar-refractivity contribution < 1.29 is 27.5 Å². The average molecular weight is 401 g/mol. The zero-order valence-electron chi connectivity index (χ0n) is 14.1. The van der Waals surface area contributed by atoms with Crippen molar-refractivity contribution in [3.8, 4) is 5.75 Å². The molecule has 2 amide bonds. The molecule has 9 heteroatoms. The van der Waals surface area contributed by atoms with Crippen molar-refractivity contribution in [3.05, 3.63) is 59.1 Å². The number of carbonyl (C=O) groups excluding carboxylic acids is 2. The van der Waals surface area contributed by atoms with Crippen LogP contribution in [0.3, 0.4) is 0 Å². The molecule has 144 valence electrons. The maximum atomic E-state index is 12.3. The molecule has 2 aromatic carbocycles. The fourth-order valence-electron chi connectivity index (χ4n) is 2.08. The SMILES string of the molecule is CC(Oc1ccc(Cl)cc1)C(=O)Nc1ccccc1CNC(=O)C(F)(F)F. The van der Waals surface area contributed by atoms with Crippen LogP contribution in [0.5, 0.6) is 5.75 Å². The van der Waals surface area contributed by atoms with Gasteiger partial charge in [0.1, 0.15) is 5.75 Å². The number of benzene rings is 2. The highest BCUT2D eigenvalue weighted by Gasteiger charge is 2.38. The van der Waals surface area contributed by atoms with E-state index in [1.165, 1.54) is 19.1 Å². The summed E-state index contributed by atoms with van der Waals surface area (Å²) in [6, 6.07) is 12.6. The Hall–Kier alpha value is -2.74. The number of amides is 2. The maximum Gasteiger partial charge on any atom is 0.471 e. The molecule has 0 aliphatic rings. The van der Waals surface area contributed by atoms with Gasteiger partial charge in [-0.15, -0.1) is 0 Å². The van der Waals surface area contributed by atoms with Crippen molar-refractivity contribution in [2.45, 2.75) is 25.7 Å². The van der Waals surface area contributed by atoms with Crippen LogP contribution in [0.4, 0.5) is 18.9 Å². The molecule has 0 aromatic heterocycles. The maximum absolute atomic E-state index is 12.3. The molecule has 0 saturated carbocycles. The van der Waals surface area contributed by atoms with Crippen LogP contribution in [0.15, 0.2) is 48.5 Å². The lowest BCUT2D eigenvalue weighted by Gasteiger charge is -2.17. The third-order valence-electron chi connectivity index (χ3n) is 3.47. The van der Waals surface area contributed by atoms with E-state index in [2.05, 4.69) is 5.32 Å². The number of carbonyl (C=O) groups is 2. The second-order valence-corrected chi connectivity index (χ2v) is 5.98. The summed E-state index contributed by atoms with van der Waals surface area (Å²) in [5.74, 6) is -2.12. The number of alkyl halides is 3. The lowest BCUT2D eigenvalue weighted by molar-refractivity contribution is -0.173. The summed E-state index contributed by atoms with van der Waals surface area (Å²) in [5, 5.41) is 4.87. The number of rotatable bonds is 6. The van der Waals surface area contributed by atoms with Crippen molar-refractivity contribution in [1.82, 2.24) is 5.32 Å². The van der Waals surface area contributed by atoms with Gasteiger partial charge in [0, 0.05) is 17.3 Å². The summed E-state index contributed by atoms with van der Waals surface area (Å²) in [7, 11) is 0. The third-order valence-corrected chi connectivity index (χ3v) is 3.72. The smallest absolute Gasteiger partial charge is 0.471 e. The molecule has 27 heavy (non-hydrogen) atoms. The van der Waals surface area contributed by atoms with Crippen molar-refractivity contribution in [2.75, 3.05) is 5.32 Å². The summed E-state index contributed by atoms with van der Waals surface area (Å²) < 4.78 is 42.4. The molecule has 2 N–H and O–H groups in total. The molecule has 0 bridgehead atoms. The van der Waals surface area contributed by atoms with Gasteiger partial charge in [0.05, 0.1) is 0 Å². The molecule has 0 saturated heterocycles. The standard InChI is InChI=1S/C18H16ClF3N2O3/c1-11(27-14-8-6-13(19)7-9-14)16(25)24-15-5-3-2-4-12(15)10-23-17(26)18(20,21)22/h2-9,11H,10H2,1H3,(H,23,26)(H,24,25). The number of ether oxygens (including phenoxy) is 1. The minimum atomic E-state index is -4.97. The normalized spacial score (nSPS) is 12.2. The first kappa shape index (κ1) is 20.6. The highest BCUT2D eigenvalue weighted by Crippen LogP contribution is 2.20. The number of para-hydroxylation sites is 1. The highest BCUT2D eigenvalue weighted by atomic mass is 35.5. The minimum absolute atomic E-state index is 0.275. The predicted octanol–water partition coefficient (Wildman–Crippen LogP) is 3.92. The summed E-state index contributed by atoms with van der Waals surface area (Å²) >= 11 is 5.78. The topological polar surface area (TPSA) is 67.4 Å². The van der Waals surface area contributed by atoms with Gasteiger partial charge in [0.15, 0.2) is 6.10 Å². The quantitative estimate of drug-likeness (QED) is 0.772. The van der Waals surface area contributed by atoms with Gasteiger partial charge in [-0.3, -0.25) is 9.59 Å². The average Bonchev–Trinajstić information content (AvgIpc) is 2.61. The lowest BCUT2D eigenvalue weighted by Crippen LogP contribution is -2.36. The van der Waals surface area contributed by atoms with E-state index >= 15 is 0 Å². The van der Waals surface area contributed by atoms with Crippen molar-refractivity contribution in [3.63, 3.8) is 0 Å². The van der Waals surface area contributed by atoms with Crippen molar-refractivity contribution in [2.24, 2.45) is 0 Å². The monoisotopic (exact) mass is 400 g/mol. The number of hydrogen-bond acceptors (Lipinski definition) is 3. The third kappa shape index (κ3) is 6.18. The fraction of sp³-hybridized carbons (Fsp3) is 0.222. The number of halogens is 4. The van der Waals surface area contributed by atoms with Gasteiger partial charge in [-0.05, 0) is 42.8 Å². The van der Waals surface area contributed by atoms with E-state index in [0.29, 0.717) is 16.3 Å². The number of anilines is 1. The van der Waals surface area contributed by atoms with Crippen LogP contribution >= 0.6 is 11.6 Å². The molecule has 0 fully saturated rings. The first-order valence-electron chi connectivity index (χ1n) is 7.83. The van der Waals surface area contributed by atoms with Gasteiger partial charge in [-0.2, -0.15) is 13.2 Å². The Labute approximate surface area is 158 Å². The molecule has 1 atom stereocenters. The van der Waals surface area contributed by atoms with Gasteiger partial charge in [0.2, 0.25) is 0 Å². The molecule has 2 aromatic rings. The Kier molecular flexibility index (Phi) is 6.68. The van der Waals surface area contributed by atoms with Gasteiger partial charge in [0.25, 0.3) is 5.91 Å². The minimum Gasteiger partial charge on any atom is -0.481 e. The Morgan fingerprint density at radius 1 is 1.11 bits per heavy atom. The second kappa shape index (κ2) is 8.77. The predicted molar refractivity (Wildman–Crippen MR) is 94.5 cm³/mol. The van der Waals surface area contributed by atoms with Crippen LogP contribution in [-0.4, -0.2) is 24.1 Å². The van der Waals surface area contributed by atoms with E-state index in [4.69, 9.17) is 16.3 Å². The van der Waals surface area contributed by atoms with E-state index in [1.54, 1.807) is 41.7 Å². The number of hydrogen-bond donors (Lipinski definition) is 2. The van der Waals surface area contributed by atoms with Crippen LogP contribution in [0.1, 0.15) is 12.5 Å². The first-order chi connectivity index (χ1) is 12.7. The zero-order valence-corrected chi connectivity index (χ0v) is 14.9. The highest BCUT2D eigenvalue weighted by molar-refractivity contribution is 6.30. The molecule has 0 radical (unpaired) electrons. The van der Waals surface area contributed by atoms with Crippen LogP contribution in [0.2, 0.25) is 5.02 Å². The van der Waals surface area contributed by atoms with Gasteiger partial charge in [-0.1, -0.05) is 29.8 Å². The van der Waals surface area contributed by atoms with Crippen LogP contribution in [0.25, 0.3) is 0 Å². The first-order valence-corrected chi connectivity index (χ1v) is 8.20. The molecule has 0 heterocycles. The molecular formula is C18H16ClF3N2O3. The van der Waals surface area contributed by atoms with Gasteiger partial charge in [-0.25, -0.2) is 0 Å². The summed E-state index contributed by atoms with van der Waals surface area (Å²) in [6.45, 7) is 1.14. The number of nitrogens with one attached hydrogen (secondary N) is 2. The van der Waals surface area contributed by atoms with E-state index in [1.807, 2.05) is 0 Å². The van der Waals surface area contributed by atoms with E-state index in [0.717, 1.165) is 0 Å². The summed E-state index contributed by atoms with van der Waals surface area (Å²) in [6.07, 6.45) is -5.84. The van der Waals surface area contributed by atoms with E-state index in [-0.39, 0.29) is 12.2 Å². The Morgan fingerprint density at radius 2 is 1.74 bits per heavy atom. The molecular weight excluding hydrogens is 385 g/mol. The molecule has 1 unspecified atom stereocenters. The lowest BCUT2D eigenvalue weighted by atomic mass is 10.1. The second-order valence-electron chi connectivity index (χ2n) is 5.54. The molecule has 2 rings (SSSR count). The Balaban J connectivity index is 2.00. The fourth-order valence-corrected chi connectivity index (χ4v) is 2.20. The molecule has 0 spiro atoms. The van der Waals surface area contributed by atoms with Crippen LogP contribution in [-0.2, 0) is 16.1 Å². The summed E-state index contributed by atoms with van der Waals surface area (Å²) in [5.41, 5.74) is 0.596. The van der Waals surface area contributed by atoms with Crippen LogP contribution in [0, 0.1) is 0 Å². The Bertz CT molecular complexity index is 810. The van der Waals surface area contributed by atoms with E-state index in [9.17, 15) is 22.8 Å². The molecule has 5 nitrogen and oxygen atoms in total. The summed E-state index contributed by atoms with van der Waals surface area (Å²) in [4.78, 5) is 23.3. The Morgan fingerprint density at radius 3 is 2.37 bits per heavy atom. The van der Waals surface area contributed by atoms with E-state index < -0.39 is 24.1 Å². The van der Waals surface area contributed by atoms with Gasteiger partial charge >= 0.3 is 12.1 Å². The molecule has 0 aliphatic carbocycles. The van der Waals surface area contributed by atoms with Crippen molar-refractivity contribution in [1.29, 1.82) is 0 Å².